The Morgan fingerprint density at radius 3 is 2.00 bits per heavy atom. The number of imidazole rings is 1. The van der Waals surface area contributed by atoms with E-state index in [1.165, 1.54) is 16.7 Å². The van der Waals surface area contributed by atoms with Crippen LogP contribution in [-0.2, 0) is 26.5 Å². The summed E-state index contributed by atoms with van der Waals surface area (Å²) >= 11 is 0. The average Bonchev–Trinajstić information content (AvgIpc) is 3.39. The smallest absolute Gasteiger partial charge is 0.148 e. The van der Waals surface area contributed by atoms with Gasteiger partial charge in [0.05, 0.1) is 22.3 Å². The zero-order valence-corrected chi connectivity index (χ0v) is 29.3. The van der Waals surface area contributed by atoms with Gasteiger partial charge in [-0.25, -0.2) is 4.98 Å². The predicted molar refractivity (Wildman–Crippen MR) is 183 cm³/mol. The molecule has 4 nitrogen and oxygen atoms in total. The van der Waals surface area contributed by atoms with Crippen LogP contribution in [-0.4, -0.2) is 19.6 Å². The summed E-state index contributed by atoms with van der Waals surface area (Å²) < 4.78 is 2.30. The Morgan fingerprint density at radius 1 is 0.733 bits per heavy atom. The van der Waals surface area contributed by atoms with Crippen molar-refractivity contribution >= 4 is 11.0 Å². The van der Waals surface area contributed by atoms with Gasteiger partial charge in [0.25, 0.3) is 0 Å². The first-order chi connectivity index (χ1) is 21.0. The van der Waals surface area contributed by atoms with Gasteiger partial charge in [0.2, 0.25) is 0 Å². The number of rotatable bonds is 6. The molecule has 0 amide bonds. The van der Waals surface area contributed by atoms with Crippen molar-refractivity contribution in [2.45, 2.75) is 65.7 Å². The number of nitrogens with zero attached hydrogens (tertiary/aromatic N) is 3. The van der Waals surface area contributed by atoms with E-state index in [0.717, 1.165) is 44.9 Å². The van der Waals surface area contributed by atoms with Crippen LogP contribution in [0.2, 0.25) is 0 Å². The Hall–Kier alpha value is -4.01. The molecule has 0 saturated heterocycles. The molecule has 0 bridgehead atoms. The monoisotopic (exact) mass is 773 g/mol. The molecule has 2 aromatic heterocycles. The van der Waals surface area contributed by atoms with Crippen LogP contribution in [0.5, 0.6) is 5.75 Å². The minimum atomic E-state index is -0.121. The maximum Gasteiger partial charge on any atom is 0.148 e. The molecule has 0 spiro atoms. The SMILES string of the molecule is CC(C)c1cccc(C(C)C)c1-n1c(-c2ccccc2O)nc2c(-c3[c-]c(-c4ccccn4)ccc3)cc(C(C)(C)C)cc21.[Pt]. The molecular formula is C40H40N3OPt-. The number of aromatic hydroxyl groups is 1. The molecule has 5 heteroatoms. The third-order valence-electron chi connectivity index (χ3n) is 8.36. The van der Waals surface area contributed by atoms with Crippen LogP contribution in [0.15, 0.2) is 97.2 Å². The Balaban J connectivity index is 0.00000400. The molecule has 0 radical (unpaired) electrons. The zero-order valence-electron chi connectivity index (χ0n) is 27.0. The van der Waals surface area contributed by atoms with Crippen LogP contribution in [0.25, 0.3) is 50.5 Å². The summed E-state index contributed by atoms with van der Waals surface area (Å²) in [5, 5.41) is 11.2. The summed E-state index contributed by atoms with van der Waals surface area (Å²) in [5.41, 5.74) is 11.1. The van der Waals surface area contributed by atoms with Gasteiger partial charge in [-0.1, -0.05) is 108 Å². The summed E-state index contributed by atoms with van der Waals surface area (Å²) in [5.74, 6) is 1.50. The fourth-order valence-corrected chi connectivity index (χ4v) is 5.95. The fraction of sp³-hybridized carbons (Fsp3) is 0.250. The van der Waals surface area contributed by atoms with Crippen molar-refractivity contribution in [2.75, 3.05) is 0 Å². The van der Waals surface area contributed by atoms with Crippen molar-refractivity contribution in [2.24, 2.45) is 0 Å². The summed E-state index contributed by atoms with van der Waals surface area (Å²) in [6.45, 7) is 15.7. The molecule has 45 heavy (non-hydrogen) atoms. The van der Waals surface area contributed by atoms with E-state index >= 15 is 0 Å². The number of aromatic nitrogens is 3. The second kappa shape index (κ2) is 12.8. The molecule has 4 aromatic carbocycles. The number of para-hydroxylation sites is 2. The molecule has 0 atom stereocenters. The van der Waals surface area contributed by atoms with E-state index in [0.29, 0.717) is 5.56 Å². The Labute approximate surface area is 281 Å². The minimum absolute atomic E-state index is 0. The normalized spacial score (nSPS) is 11.8. The van der Waals surface area contributed by atoms with Gasteiger partial charge < -0.3 is 5.11 Å². The number of hydrogen-bond acceptors (Lipinski definition) is 3. The number of phenolic OH excluding ortho intramolecular Hbond substituents is 1. The van der Waals surface area contributed by atoms with Crippen LogP contribution in [0, 0.1) is 6.07 Å². The van der Waals surface area contributed by atoms with Crippen molar-refractivity contribution in [3.8, 4) is 45.2 Å². The number of phenols is 1. The summed E-state index contributed by atoms with van der Waals surface area (Å²) in [6.07, 6.45) is 1.81. The fourth-order valence-electron chi connectivity index (χ4n) is 5.95. The maximum absolute atomic E-state index is 11.2. The van der Waals surface area contributed by atoms with Crippen LogP contribution in [0.3, 0.4) is 0 Å². The number of hydrogen-bond donors (Lipinski definition) is 1. The van der Waals surface area contributed by atoms with E-state index in [1.807, 2.05) is 42.6 Å². The number of fused-ring (bicyclic) bond motifs is 1. The van der Waals surface area contributed by atoms with E-state index in [4.69, 9.17) is 4.98 Å². The Bertz CT molecular complexity index is 1940. The quantitative estimate of drug-likeness (QED) is 0.172. The van der Waals surface area contributed by atoms with Gasteiger partial charge >= 0.3 is 0 Å². The summed E-state index contributed by atoms with van der Waals surface area (Å²) in [7, 11) is 0. The largest absolute Gasteiger partial charge is 0.507 e. The molecule has 232 valence electrons. The third-order valence-corrected chi connectivity index (χ3v) is 8.36. The van der Waals surface area contributed by atoms with Crippen LogP contribution in [0.1, 0.15) is 77.0 Å². The molecule has 6 aromatic rings. The molecule has 0 aliphatic carbocycles. The molecule has 6 rings (SSSR count). The second-order valence-electron chi connectivity index (χ2n) is 13.2. The second-order valence-corrected chi connectivity index (χ2v) is 13.2. The van der Waals surface area contributed by atoms with Crippen LogP contribution < -0.4 is 0 Å². The van der Waals surface area contributed by atoms with E-state index < -0.39 is 0 Å². The minimum Gasteiger partial charge on any atom is -0.507 e. The van der Waals surface area contributed by atoms with Crippen molar-refractivity contribution in [1.82, 2.24) is 14.5 Å². The van der Waals surface area contributed by atoms with E-state index in [-0.39, 0.29) is 44.1 Å². The summed E-state index contributed by atoms with van der Waals surface area (Å²) in [4.78, 5) is 9.97. The topological polar surface area (TPSA) is 50.9 Å². The summed E-state index contributed by atoms with van der Waals surface area (Å²) in [6, 6.07) is 34.5. The standard InChI is InChI=1S/C40H40N3O.Pt/c1-25(2)30-17-13-18-31(26(3)4)38(30)43-35-24-29(40(5,6)7)23-33(37(35)42-39(43)32-16-8-9-20-36(32)44)27-14-12-15-28(22-27)34-19-10-11-21-41-34;/h8-21,23-26,44H,1-7H3;/q-1;. The molecule has 2 heterocycles. The van der Waals surface area contributed by atoms with Crippen LogP contribution in [0.4, 0.5) is 0 Å². The molecule has 0 aliphatic heterocycles. The number of benzene rings is 4. The van der Waals surface area contributed by atoms with Gasteiger partial charge in [-0.15, -0.1) is 29.8 Å². The van der Waals surface area contributed by atoms with Gasteiger partial charge in [-0.2, -0.15) is 0 Å². The Morgan fingerprint density at radius 2 is 1.38 bits per heavy atom. The average molecular weight is 774 g/mol. The first-order valence-corrected chi connectivity index (χ1v) is 15.5. The van der Waals surface area contributed by atoms with Gasteiger partial charge in [-0.05, 0) is 58.2 Å². The van der Waals surface area contributed by atoms with Crippen molar-refractivity contribution in [3.05, 3.63) is 120 Å². The van der Waals surface area contributed by atoms with Crippen LogP contribution >= 0.6 is 0 Å². The molecule has 1 N–H and O–H groups in total. The van der Waals surface area contributed by atoms with Crippen molar-refractivity contribution in [1.29, 1.82) is 0 Å². The van der Waals surface area contributed by atoms with E-state index in [2.05, 4.69) is 113 Å². The maximum atomic E-state index is 11.2. The van der Waals surface area contributed by atoms with Gasteiger partial charge in [-0.3, -0.25) is 9.55 Å². The van der Waals surface area contributed by atoms with Crippen molar-refractivity contribution in [3.63, 3.8) is 0 Å². The molecular weight excluding hydrogens is 734 g/mol. The van der Waals surface area contributed by atoms with E-state index in [1.54, 1.807) is 6.07 Å². The molecule has 0 aliphatic rings. The third kappa shape index (κ3) is 6.13. The van der Waals surface area contributed by atoms with Gasteiger partial charge in [0.15, 0.2) is 0 Å². The molecule has 0 unspecified atom stereocenters. The van der Waals surface area contributed by atoms with E-state index in [9.17, 15) is 5.11 Å². The molecule has 0 saturated carbocycles. The number of pyridine rings is 1. The van der Waals surface area contributed by atoms with Gasteiger partial charge in [0.1, 0.15) is 11.6 Å². The first-order valence-electron chi connectivity index (χ1n) is 15.5. The molecule has 0 fully saturated rings. The van der Waals surface area contributed by atoms with Crippen molar-refractivity contribution < 1.29 is 26.2 Å². The predicted octanol–water partition coefficient (Wildman–Crippen LogP) is 10.5. The Kier molecular flexibility index (Phi) is 9.19. The first kappa shape index (κ1) is 32.4. The van der Waals surface area contributed by atoms with Gasteiger partial charge in [0, 0.05) is 33.0 Å². The zero-order chi connectivity index (χ0) is 31.2.